The van der Waals surface area contributed by atoms with Crippen LogP contribution in [0, 0.1) is 0 Å². The Morgan fingerprint density at radius 1 is 1.29 bits per heavy atom. The maximum Gasteiger partial charge on any atom is 0.272 e. The molecular formula is C17H27F2N3OS. The van der Waals surface area contributed by atoms with E-state index in [9.17, 15) is 8.78 Å². The van der Waals surface area contributed by atoms with Gasteiger partial charge in [-0.15, -0.1) is 0 Å². The highest BCUT2D eigenvalue weighted by molar-refractivity contribution is 7.98. The highest BCUT2D eigenvalue weighted by Crippen LogP contribution is 2.14. The van der Waals surface area contributed by atoms with Crippen LogP contribution in [0.25, 0.3) is 0 Å². The van der Waals surface area contributed by atoms with E-state index in [0.29, 0.717) is 12.3 Å². The van der Waals surface area contributed by atoms with E-state index in [1.165, 1.54) is 12.2 Å². The maximum absolute atomic E-state index is 12.2. The van der Waals surface area contributed by atoms with Gasteiger partial charge in [-0.25, -0.2) is 13.8 Å². The molecular weight excluding hydrogens is 332 g/mol. The van der Waals surface area contributed by atoms with E-state index in [-0.39, 0.29) is 0 Å². The first kappa shape index (κ1) is 20.5. The number of ether oxygens (including phenoxy) is 1. The zero-order chi connectivity index (χ0) is 17.6. The van der Waals surface area contributed by atoms with Crippen LogP contribution >= 0.6 is 11.8 Å². The molecule has 0 spiro atoms. The summed E-state index contributed by atoms with van der Waals surface area (Å²) >= 11 is 1.85. The van der Waals surface area contributed by atoms with Gasteiger partial charge in [0.25, 0.3) is 6.43 Å². The first-order valence-corrected chi connectivity index (χ1v) is 9.56. The zero-order valence-corrected chi connectivity index (χ0v) is 15.2. The Kier molecular flexibility index (Phi) is 11.0. The van der Waals surface area contributed by atoms with Crippen molar-refractivity contribution in [1.82, 2.24) is 10.6 Å². The van der Waals surface area contributed by atoms with Gasteiger partial charge in [0, 0.05) is 13.1 Å². The van der Waals surface area contributed by atoms with Gasteiger partial charge in [-0.05, 0) is 49.5 Å². The summed E-state index contributed by atoms with van der Waals surface area (Å²) in [7, 11) is 0. The Labute approximate surface area is 147 Å². The van der Waals surface area contributed by atoms with E-state index >= 15 is 0 Å². The molecule has 0 aliphatic carbocycles. The van der Waals surface area contributed by atoms with Crippen LogP contribution in [0.2, 0.25) is 0 Å². The van der Waals surface area contributed by atoms with Crippen molar-refractivity contribution in [1.29, 1.82) is 0 Å². The third-order valence-electron chi connectivity index (χ3n) is 3.11. The van der Waals surface area contributed by atoms with Gasteiger partial charge in [0.05, 0.1) is 6.54 Å². The number of nitrogens with zero attached hydrogens (tertiary/aromatic N) is 1. The predicted octanol–water partition coefficient (Wildman–Crippen LogP) is 3.53. The molecule has 24 heavy (non-hydrogen) atoms. The Hall–Kier alpha value is -1.50. The third-order valence-corrected chi connectivity index (χ3v) is 3.80. The Bertz CT molecular complexity index is 487. The van der Waals surface area contributed by atoms with Crippen molar-refractivity contribution in [2.45, 2.75) is 32.7 Å². The smallest absolute Gasteiger partial charge is 0.272 e. The summed E-state index contributed by atoms with van der Waals surface area (Å²) < 4.78 is 29.4. The third kappa shape index (κ3) is 9.60. The van der Waals surface area contributed by atoms with Gasteiger partial charge in [0.2, 0.25) is 0 Å². The molecule has 4 nitrogen and oxygen atoms in total. The molecule has 0 aliphatic rings. The van der Waals surface area contributed by atoms with E-state index in [4.69, 9.17) is 4.74 Å². The molecule has 0 fully saturated rings. The van der Waals surface area contributed by atoms with Gasteiger partial charge in [-0.1, -0.05) is 12.1 Å². The minimum atomic E-state index is -2.47. The molecule has 1 aromatic rings. The monoisotopic (exact) mass is 359 g/mol. The lowest BCUT2D eigenvalue weighted by atomic mass is 10.2. The first-order chi connectivity index (χ1) is 11.7. The fraction of sp³-hybridized carbons (Fsp3) is 0.588. The molecule has 0 aliphatic heterocycles. The van der Waals surface area contributed by atoms with Gasteiger partial charge in [0.1, 0.15) is 12.4 Å². The summed E-state index contributed by atoms with van der Waals surface area (Å²) in [5.41, 5.74) is 0.918. The summed E-state index contributed by atoms with van der Waals surface area (Å²) in [6.45, 7) is 3.56. The molecule has 0 aromatic heterocycles. The van der Waals surface area contributed by atoms with Crippen molar-refractivity contribution in [3.05, 3.63) is 29.8 Å². The first-order valence-electron chi connectivity index (χ1n) is 8.16. The fourth-order valence-corrected chi connectivity index (χ4v) is 2.48. The highest BCUT2D eigenvalue weighted by atomic mass is 32.2. The Morgan fingerprint density at radius 2 is 2.12 bits per heavy atom. The number of nitrogens with one attached hydrogen (secondary N) is 2. The highest BCUT2D eigenvalue weighted by Gasteiger charge is 2.04. The van der Waals surface area contributed by atoms with E-state index in [1.807, 2.05) is 24.8 Å². The van der Waals surface area contributed by atoms with Crippen LogP contribution in [0.3, 0.4) is 0 Å². The lowest BCUT2D eigenvalue weighted by Crippen LogP contribution is -2.37. The normalized spacial score (nSPS) is 11.6. The fourth-order valence-electron chi connectivity index (χ4n) is 1.98. The standard InChI is InChI=1S/C17H27F2N3OS/c1-3-20-17(21-9-4-5-10-24-2)22-12-14-7-6-8-15(11-14)23-13-16(18)19/h6-8,11,16H,3-5,9-10,12-13H2,1-2H3,(H2,20,21,22). The number of rotatable bonds is 11. The Balaban J connectivity index is 2.50. The number of aliphatic imine (C=N–C) groups is 1. The second kappa shape index (κ2) is 12.9. The van der Waals surface area contributed by atoms with Crippen LogP contribution in [-0.4, -0.2) is 44.1 Å². The zero-order valence-electron chi connectivity index (χ0n) is 14.4. The van der Waals surface area contributed by atoms with Crippen molar-refractivity contribution < 1.29 is 13.5 Å². The molecule has 0 saturated heterocycles. The molecule has 0 unspecified atom stereocenters. The van der Waals surface area contributed by atoms with Crippen LogP contribution in [0.5, 0.6) is 5.75 Å². The number of benzene rings is 1. The van der Waals surface area contributed by atoms with E-state index in [1.54, 1.807) is 18.2 Å². The van der Waals surface area contributed by atoms with Crippen molar-refractivity contribution in [2.75, 3.05) is 31.7 Å². The number of guanidine groups is 1. The van der Waals surface area contributed by atoms with Gasteiger partial charge in [0.15, 0.2) is 5.96 Å². The van der Waals surface area contributed by atoms with Crippen molar-refractivity contribution >= 4 is 17.7 Å². The largest absolute Gasteiger partial charge is 0.488 e. The number of halogens is 2. The molecule has 0 saturated carbocycles. The van der Waals surface area contributed by atoms with Gasteiger partial charge >= 0.3 is 0 Å². The van der Waals surface area contributed by atoms with Crippen LogP contribution < -0.4 is 15.4 Å². The molecule has 2 N–H and O–H groups in total. The molecule has 0 bridgehead atoms. The number of hydrogen-bond acceptors (Lipinski definition) is 3. The molecule has 1 rings (SSSR count). The molecule has 0 atom stereocenters. The van der Waals surface area contributed by atoms with Crippen molar-refractivity contribution in [3.63, 3.8) is 0 Å². The maximum atomic E-state index is 12.2. The minimum Gasteiger partial charge on any atom is -0.488 e. The predicted molar refractivity (Wildman–Crippen MR) is 98.4 cm³/mol. The van der Waals surface area contributed by atoms with E-state index in [0.717, 1.165) is 31.0 Å². The summed E-state index contributed by atoms with van der Waals surface area (Å²) in [6, 6.07) is 7.11. The van der Waals surface area contributed by atoms with Crippen molar-refractivity contribution in [2.24, 2.45) is 4.99 Å². The van der Waals surface area contributed by atoms with Crippen LogP contribution in [-0.2, 0) is 6.54 Å². The lowest BCUT2D eigenvalue weighted by Gasteiger charge is -2.11. The summed E-state index contributed by atoms with van der Waals surface area (Å²) in [5.74, 6) is 2.37. The summed E-state index contributed by atoms with van der Waals surface area (Å²) in [5, 5.41) is 6.51. The Morgan fingerprint density at radius 3 is 2.83 bits per heavy atom. The summed E-state index contributed by atoms with van der Waals surface area (Å²) in [6.07, 6.45) is 1.92. The van der Waals surface area contributed by atoms with Crippen LogP contribution in [0.1, 0.15) is 25.3 Å². The van der Waals surface area contributed by atoms with Gasteiger partial charge in [-0.3, -0.25) is 0 Å². The lowest BCUT2D eigenvalue weighted by molar-refractivity contribution is 0.0818. The number of unbranched alkanes of at least 4 members (excludes halogenated alkanes) is 1. The van der Waals surface area contributed by atoms with Crippen molar-refractivity contribution in [3.8, 4) is 5.75 Å². The second-order valence-electron chi connectivity index (χ2n) is 5.17. The molecule has 7 heteroatoms. The van der Waals surface area contributed by atoms with Crippen LogP contribution in [0.15, 0.2) is 29.3 Å². The number of thioether (sulfide) groups is 1. The average molecular weight is 359 g/mol. The SMILES string of the molecule is CCNC(=NCc1cccc(OCC(F)F)c1)NCCCCSC. The molecule has 0 amide bonds. The summed E-state index contributed by atoms with van der Waals surface area (Å²) in [4.78, 5) is 4.52. The number of alkyl halides is 2. The van der Waals surface area contributed by atoms with E-state index in [2.05, 4.69) is 21.9 Å². The minimum absolute atomic E-state index is 0.443. The number of hydrogen-bond donors (Lipinski definition) is 2. The van der Waals surface area contributed by atoms with Gasteiger partial charge < -0.3 is 15.4 Å². The average Bonchev–Trinajstić information content (AvgIpc) is 2.58. The molecule has 0 radical (unpaired) electrons. The molecule has 136 valence electrons. The van der Waals surface area contributed by atoms with Crippen LogP contribution in [0.4, 0.5) is 8.78 Å². The molecule has 0 heterocycles. The van der Waals surface area contributed by atoms with Gasteiger partial charge in [-0.2, -0.15) is 11.8 Å². The second-order valence-corrected chi connectivity index (χ2v) is 6.16. The topological polar surface area (TPSA) is 45.7 Å². The van der Waals surface area contributed by atoms with E-state index < -0.39 is 13.0 Å². The molecule has 1 aromatic carbocycles. The quantitative estimate of drug-likeness (QED) is 0.360.